The number of hydrogen-bond acceptors (Lipinski definition) is 1. The quantitative estimate of drug-likeness (QED) is 0.472. The number of nitrogens with zero attached hydrogens (tertiary/aromatic N) is 1. The Balaban J connectivity index is 0. The standard InChI is InChI=1S/C6H16N.H2O/c1-6(2)7(3,4)5;/h6H,1-5H3;1H2/q+1;/p-1. The van der Waals surface area contributed by atoms with Crippen molar-refractivity contribution in [3.63, 3.8) is 0 Å². The Morgan fingerprint density at radius 3 is 1.12 bits per heavy atom. The SMILES string of the molecule is CC(C)[N+](C)(C)C.[OH-]. The molecular weight excluding hydrogens is 102 g/mol. The van der Waals surface area contributed by atoms with E-state index >= 15 is 0 Å². The van der Waals surface area contributed by atoms with Crippen LogP contribution in [0.5, 0.6) is 0 Å². The van der Waals surface area contributed by atoms with E-state index in [4.69, 9.17) is 0 Å². The first kappa shape index (κ1) is 10.8. The summed E-state index contributed by atoms with van der Waals surface area (Å²) in [7, 11) is 6.60. The van der Waals surface area contributed by atoms with Gasteiger partial charge < -0.3 is 9.96 Å². The predicted octanol–water partition coefficient (Wildman–Crippen LogP) is 0.924. The molecule has 0 heterocycles. The second-order valence-corrected chi connectivity index (χ2v) is 3.21. The van der Waals surface area contributed by atoms with Crippen LogP contribution in [0, 0.1) is 0 Å². The van der Waals surface area contributed by atoms with Crippen LogP contribution in [0.15, 0.2) is 0 Å². The molecule has 0 amide bonds. The second kappa shape index (κ2) is 3.05. The van der Waals surface area contributed by atoms with E-state index in [9.17, 15) is 0 Å². The third-order valence-electron chi connectivity index (χ3n) is 1.55. The second-order valence-electron chi connectivity index (χ2n) is 3.21. The van der Waals surface area contributed by atoms with Gasteiger partial charge in [0.15, 0.2) is 0 Å². The van der Waals surface area contributed by atoms with Crippen LogP contribution in [0.1, 0.15) is 13.8 Å². The molecule has 0 spiro atoms. The highest BCUT2D eigenvalue weighted by molar-refractivity contribution is 4.31. The van der Waals surface area contributed by atoms with Gasteiger partial charge in [0.1, 0.15) is 0 Å². The Hall–Kier alpha value is -0.0800. The highest BCUT2D eigenvalue weighted by Crippen LogP contribution is 1.97. The van der Waals surface area contributed by atoms with Gasteiger partial charge in [-0.2, -0.15) is 0 Å². The van der Waals surface area contributed by atoms with Crippen LogP contribution in [0.3, 0.4) is 0 Å². The van der Waals surface area contributed by atoms with Crippen molar-refractivity contribution in [1.82, 2.24) is 0 Å². The molecule has 52 valence electrons. The van der Waals surface area contributed by atoms with Crippen molar-refractivity contribution in [1.29, 1.82) is 0 Å². The highest BCUT2D eigenvalue weighted by Gasteiger charge is 2.10. The maximum Gasteiger partial charge on any atom is 0.0827 e. The lowest BCUT2D eigenvalue weighted by molar-refractivity contribution is -0.891. The van der Waals surface area contributed by atoms with E-state index in [0.29, 0.717) is 0 Å². The van der Waals surface area contributed by atoms with Crippen molar-refractivity contribution in [2.24, 2.45) is 0 Å². The molecule has 2 heteroatoms. The Morgan fingerprint density at radius 1 is 1.00 bits per heavy atom. The van der Waals surface area contributed by atoms with E-state index in [-0.39, 0.29) is 5.48 Å². The molecule has 0 aromatic heterocycles. The maximum atomic E-state index is 2.22. The molecule has 0 rings (SSSR count). The minimum absolute atomic E-state index is 0. The van der Waals surface area contributed by atoms with E-state index in [1.165, 1.54) is 0 Å². The molecule has 8 heavy (non-hydrogen) atoms. The first-order chi connectivity index (χ1) is 2.94. The summed E-state index contributed by atoms with van der Waals surface area (Å²) in [4.78, 5) is 0. The molecule has 0 radical (unpaired) electrons. The summed E-state index contributed by atoms with van der Waals surface area (Å²) in [5.74, 6) is 0. The van der Waals surface area contributed by atoms with Crippen molar-refractivity contribution in [2.45, 2.75) is 19.9 Å². The molecule has 0 bridgehead atoms. The molecule has 0 aliphatic carbocycles. The van der Waals surface area contributed by atoms with Crippen LogP contribution < -0.4 is 0 Å². The van der Waals surface area contributed by atoms with Crippen molar-refractivity contribution < 1.29 is 9.96 Å². The van der Waals surface area contributed by atoms with Crippen LogP contribution in [0.4, 0.5) is 0 Å². The lowest BCUT2D eigenvalue weighted by Crippen LogP contribution is -2.41. The molecule has 0 saturated carbocycles. The fourth-order valence-corrected chi connectivity index (χ4v) is 0. The Kier molecular flexibility index (Phi) is 4.12. The lowest BCUT2D eigenvalue weighted by Gasteiger charge is -2.28. The molecule has 0 aromatic rings. The van der Waals surface area contributed by atoms with Gasteiger partial charge >= 0.3 is 0 Å². The number of rotatable bonds is 1. The lowest BCUT2D eigenvalue weighted by atomic mass is 10.3. The van der Waals surface area contributed by atoms with Crippen molar-refractivity contribution >= 4 is 0 Å². The van der Waals surface area contributed by atoms with E-state index < -0.39 is 0 Å². The summed E-state index contributed by atoms with van der Waals surface area (Å²) in [6, 6.07) is 0.736. The third kappa shape index (κ3) is 4.09. The van der Waals surface area contributed by atoms with Crippen LogP contribution in [-0.2, 0) is 0 Å². The number of hydrogen-bond donors (Lipinski definition) is 0. The van der Waals surface area contributed by atoms with Crippen molar-refractivity contribution in [3.05, 3.63) is 0 Å². The van der Waals surface area contributed by atoms with Crippen LogP contribution in [0.2, 0.25) is 0 Å². The van der Waals surface area contributed by atoms with E-state index in [1.807, 2.05) is 0 Å². The summed E-state index contributed by atoms with van der Waals surface area (Å²) >= 11 is 0. The van der Waals surface area contributed by atoms with Crippen LogP contribution >= 0.6 is 0 Å². The smallest absolute Gasteiger partial charge is 0.0827 e. The van der Waals surface area contributed by atoms with E-state index in [1.54, 1.807) is 0 Å². The molecule has 0 saturated heterocycles. The monoisotopic (exact) mass is 119 g/mol. The molecule has 0 aliphatic rings. The third-order valence-corrected chi connectivity index (χ3v) is 1.55. The molecule has 0 aliphatic heterocycles. The summed E-state index contributed by atoms with van der Waals surface area (Å²) < 4.78 is 1.06. The first-order valence-electron chi connectivity index (χ1n) is 2.75. The maximum absolute atomic E-state index is 2.22. The normalized spacial score (nSPS) is 11.2. The fraction of sp³-hybridized carbons (Fsp3) is 1.00. The fourth-order valence-electron chi connectivity index (χ4n) is 0. The summed E-state index contributed by atoms with van der Waals surface area (Å²) in [6.45, 7) is 4.44. The van der Waals surface area contributed by atoms with Gasteiger partial charge in [0.2, 0.25) is 0 Å². The van der Waals surface area contributed by atoms with Gasteiger partial charge in [-0.05, 0) is 13.8 Å². The topological polar surface area (TPSA) is 30.0 Å². The zero-order valence-corrected chi connectivity index (χ0v) is 6.47. The van der Waals surface area contributed by atoms with E-state index in [2.05, 4.69) is 35.0 Å². The molecule has 0 atom stereocenters. The van der Waals surface area contributed by atoms with Gasteiger partial charge in [-0.1, -0.05) is 0 Å². The summed E-state index contributed by atoms with van der Waals surface area (Å²) in [5.41, 5.74) is 0. The molecule has 1 N–H and O–H groups in total. The zero-order valence-electron chi connectivity index (χ0n) is 6.47. The Morgan fingerprint density at radius 2 is 1.12 bits per heavy atom. The molecular formula is C6H17NO. The van der Waals surface area contributed by atoms with Gasteiger partial charge in [0.05, 0.1) is 27.2 Å². The molecule has 2 nitrogen and oxygen atoms in total. The molecule has 0 fully saturated rings. The van der Waals surface area contributed by atoms with Crippen molar-refractivity contribution in [3.8, 4) is 0 Å². The van der Waals surface area contributed by atoms with E-state index in [0.717, 1.165) is 10.5 Å². The Bertz CT molecular complexity index is 54.0. The Labute approximate surface area is 52.0 Å². The van der Waals surface area contributed by atoms with Gasteiger partial charge in [-0.25, -0.2) is 0 Å². The largest absolute Gasteiger partial charge is 0.870 e. The highest BCUT2D eigenvalue weighted by atomic mass is 16.0. The minimum Gasteiger partial charge on any atom is -0.870 e. The molecule has 0 aromatic carbocycles. The van der Waals surface area contributed by atoms with Crippen LogP contribution in [0.25, 0.3) is 0 Å². The van der Waals surface area contributed by atoms with Gasteiger partial charge in [-0.3, -0.25) is 0 Å². The number of quaternary nitrogens is 1. The summed E-state index contributed by atoms with van der Waals surface area (Å²) in [6.07, 6.45) is 0. The average Bonchev–Trinajstić information content (AvgIpc) is 1.31. The van der Waals surface area contributed by atoms with Crippen molar-refractivity contribution in [2.75, 3.05) is 21.1 Å². The van der Waals surface area contributed by atoms with Crippen LogP contribution in [-0.4, -0.2) is 37.1 Å². The molecule has 0 unspecified atom stereocenters. The predicted molar refractivity (Wildman–Crippen MR) is 35.1 cm³/mol. The minimum atomic E-state index is 0. The van der Waals surface area contributed by atoms with Gasteiger partial charge in [0.25, 0.3) is 0 Å². The first-order valence-corrected chi connectivity index (χ1v) is 2.75. The summed E-state index contributed by atoms with van der Waals surface area (Å²) in [5, 5.41) is 0. The van der Waals surface area contributed by atoms with Gasteiger partial charge in [0, 0.05) is 0 Å². The van der Waals surface area contributed by atoms with Gasteiger partial charge in [-0.15, -0.1) is 0 Å². The average molecular weight is 119 g/mol. The zero-order chi connectivity index (χ0) is 6.08.